The summed E-state index contributed by atoms with van der Waals surface area (Å²) in [6.07, 6.45) is 0. The Morgan fingerprint density at radius 3 is 2.41 bits per heavy atom. The molecule has 0 amide bonds. The standard InChI is InChI=1S/C13H23N3O/c1-5-17-13-9-11(14)8-12(10-13)16(4)7-6-15(2)3/h8-10H,5-7,14H2,1-4H3. The molecule has 0 aromatic heterocycles. The van der Waals surface area contributed by atoms with Crippen molar-refractivity contribution in [3.05, 3.63) is 18.2 Å². The molecule has 0 aliphatic rings. The minimum Gasteiger partial charge on any atom is -0.494 e. The number of nitrogens with two attached hydrogens (primary N) is 1. The summed E-state index contributed by atoms with van der Waals surface area (Å²) < 4.78 is 5.49. The fourth-order valence-corrected chi connectivity index (χ4v) is 1.56. The van der Waals surface area contributed by atoms with Crippen molar-refractivity contribution in [3.63, 3.8) is 0 Å². The number of anilines is 2. The van der Waals surface area contributed by atoms with E-state index in [4.69, 9.17) is 10.5 Å². The highest BCUT2D eigenvalue weighted by atomic mass is 16.5. The average molecular weight is 237 g/mol. The van der Waals surface area contributed by atoms with Gasteiger partial charge in [-0.2, -0.15) is 0 Å². The van der Waals surface area contributed by atoms with Gasteiger partial charge in [0.25, 0.3) is 0 Å². The minimum atomic E-state index is 0.657. The first kappa shape index (κ1) is 13.6. The smallest absolute Gasteiger partial charge is 0.123 e. The van der Waals surface area contributed by atoms with E-state index in [2.05, 4.69) is 30.9 Å². The van der Waals surface area contributed by atoms with Crippen molar-refractivity contribution in [2.45, 2.75) is 6.92 Å². The van der Waals surface area contributed by atoms with E-state index in [9.17, 15) is 0 Å². The van der Waals surface area contributed by atoms with E-state index >= 15 is 0 Å². The summed E-state index contributed by atoms with van der Waals surface area (Å²) >= 11 is 0. The summed E-state index contributed by atoms with van der Waals surface area (Å²) in [6, 6.07) is 5.85. The first-order valence-corrected chi connectivity index (χ1v) is 5.92. The molecule has 0 saturated heterocycles. The third-order valence-corrected chi connectivity index (χ3v) is 2.55. The van der Waals surface area contributed by atoms with Gasteiger partial charge in [-0.3, -0.25) is 0 Å². The Bertz CT molecular complexity index is 353. The Balaban J connectivity index is 2.74. The second-order valence-electron chi connectivity index (χ2n) is 4.42. The molecule has 0 aliphatic carbocycles. The van der Waals surface area contributed by atoms with E-state index in [-0.39, 0.29) is 0 Å². The molecule has 0 saturated carbocycles. The highest BCUT2D eigenvalue weighted by Crippen LogP contribution is 2.24. The number of likely N-dealkylation sites (N-methyl/N-ethyl adjacent to an activating group) is 2. The lowest BCUT2D eigenvalue weighted by molar-refractivity contribution is 0.340. The monoisotopic (exact) mass is 237 g/mol. The van der Waals surface area contributed by atoms with E-state index < -0.39 is 0 Å². The zero-order valence-electron chi connectivity index (χ0n) is 11.2. The molecule has 0 unspecified atom stereocenters. The molecule has 4 nitrogen and oxygen atoms in total. The Hall–Kier alpha value is -1.42. The second kappa shape index (κ2) is 6.35. The maximum atomic E-state index is 5.87. The van der Waals surface area contributed by atoms with Crippen molar-refractivity contribution < 1.29 is 4.74 Å². The van der Waals surface area contributed by atoms with Gasteiger partial charge < -0.3 is 20.3 Å². The lowest BCUT2D eigenvalue weighted by atomic mass is 10.2. The number of nitrogen functional groups attached to an aromatic ring is 1. The molecule has 1 rings (SSSR count). The Morgan fingerprint density at radius 1 is 1.12 bits per heavy atom. The molecule has 2 N–H and O–H groups in total. The highest BCUT2D eigenvalue weighted by Gasteiger charge is 2.05. The number of rotatable bonds is 6. The van der Waals surface area contributed by atoms with Crippen LogP contribution in [0.3, 0.4) is 0 Å². The summed E-state index contributed by atoms with van der Waals surface area (Å²) in [4.78, 5) is 4.34. The normalized spacial score (nSPS) is 10.6. The molecule has 0 aliphatic heterocycles. The van der Waals surface area contributed by atoms with E-state index in [0.29, 0.717) is 6.61 Å². The van der Waals surface area contributed by atoms with Gasteiger partial charge in [0.15, 0.2) is 0 Å². The van der Waals surface area contributed by atoms with Crippen LogP contribution in [0.5, 0.6) is 5.75 Å². The molecule has 0 fully saturated rings. The van der Waals surface area contributed by atoms with Crippen molar-refractivity contribution in [2.75, 3.05) is 51.5 Å². The molecule has 0 radical (unpaired) electrons. The van der Waals surface area contributed by atoms with Crippen LogP contribution in [0.15, 0.2) is 18.2 Å². The first-order chi connectivity index (χ1) is 8.02. The largest absolute Gasteiger partial charge is 0.494 e. The Labute approximate surface area is 104 Å². The van der Waals surface area contributed by atoms with Crippen LogP contribution in [0.1, 0.15) is 6.92 Å². The third-order valence-electron chi connectivity index (χ3n) is 2.55. The van der Waals surface area contributed by atoms with Gasteiger partial charge in [-0.15, -0.1) is 0 Å². The lowest BCUT2D eigenvalue weighted by Gasteiger charge is -2.22. The minimum absolute atomic E-state index is 0.657. The van der Waals surface area contributed by atoms with Crippen molar-refractivity contribution in [3.8, 4) is 5.75 Å². The third kappa shape index (κ3) is 4.53. The fourth-order valence-electron chi connectivity index (χ4n) is 1.56. The van der Waals surface area contributed by atoms with Crippen molar-refractivity contribution in [1.82, 2.24) is 4.90 Å². The second-order valence-corrected chi connectivity index (χ2v) is 4.42. The van der Waals surface area contributed by atoms with Gasteiger partial charge in [-0.05, 0) is 27.1 Å². The van der Waals surface area contributed by atoms with Crippen LogP contribution in [0.4, 0.5) is 11.4 Å². The van der Waals surface area contributed by atoms with Crippen LogP contribution in [0.2, 0.25) is 0 Å². The maximum absolute atomic E-state index is 5.87. The fraction of sp³-hybridized carbons (Fsp3) is 0.538. The van der Waals surface area contributed by atoms with Gasteiger partial charge >= 0.3 is 0 Å². The van der Waals surface area contributed by atoms with E-state index in [1.165, 1.54) is 0 Å². The first-order valence-electron chi connectivity index (χ1n) is 5.92. The Kier molecular flexibility index (Phi) is 5.10. The molecule has 0 heterocycles. The van der Waals surface area contributed by atoms with Crippen molar-refractivity contribution in [1.29, 1.82) is 0 Å². The zero-order chi connectivity index (χ0) is 12.8. The summed E-state index contributed by atoms with van der Waals surface area (Å²) in [7, 11) is 6.20. The number of hydrogen-bond donors (Lipinski definition) is 1. The number of benzene rings is 1. The quantitative estimate of drug-likeness (QED) is 0.764. The van der Waals surface area contributed by atoms with Crippen LogP contribution < -0.4 is 15.4 Å². The van der Waals surface area contributed by atoms with E-state index in [1.807, 2.05) is 25.1 Å². The van der Waals surface area contributed by atoms with Crippen LogP contribution in [0.25, 0.3) is 0 Å². The summed E-state index contributed by atoms with van der Waals surface area (Å²) in [5.41, 5.74) is 7.70. The van der Waals surface area contributed by atoms with Crippen LogP contribution >= 0.6 is 0 Å². The predicted molar refractivity (Wildman–Crippen MR) is 73.8 cm³/mol. The van der Waals surface area contributed by atoms with Gasteiger partial charge in [-0.1, -0.05) is 0 Å². The van der Waals surface area contributed by atoms with E-state index in [0.717, 1.165) is 30.2 Å². The van der Waals surface area contributed by atoms with Gasteiger partial charge in [0.1, 0.15) is 5.75 Å². The average Bonchev–Trinajstić information content (AvgIpc) is 2.25. The molecule has 1 aromatic carbocycles. The molecule has 17 heavy (non-hydrogen) atoms. The lowest BCUT2D eigenvalue weighted by Crippen LogP contribution is -2.28. The van der Waals surface area contributed by atoms with Gasteiger partial charge in [0, 0.05) is 43.6 Å². The molecule has 0 atom stereocenters. The number of ether oxygens (including phenoxy) is 1. The van der Waals surface area contributed by atoms with Crippen molar-refractivity contribution >= 4 is 11.4 Å². The topological polar surface area (TPSA) is 41.7 Å². The summed E-state index contributed by atoms with van der Waals surface area (Å²) in [5.74, 6) is 0.833. The van der Waals surface area contributed by atoms with Crippen LogP contribution in [0, 0.1) is 0 Å². The molecular formula is C13H23N3O. The van der Waals surface area contributed by atoms with Crippen LogP contribution in [-0.2, 0) is 0 Å². The molecule has 4 heteroatoms. The molecule has 1 aromatic rings. The molecule has 0 spiro atoms. The molecular weight excluding hydrogens is 214 g/mol. The zero-order valence-corrected chi connectivity index (χ0v) is 11.2. The van der Waals surface area contributed by atoms with Gasteiger partial charge in [0.05, 0.1) is 6.61 Å². The number of nitrogens with zero attached hydrogens (tertiary/aromatic N) is 2. The van der Waals surface area contributed by atoms with Crippen molar-refractivity contribution in [2.24, 2.45) is 0 Å². The van der Waals surface area contributed by atoms with Crippen LogP contribution in [-0.4, -0.2) is 45.7 Å². The summed E-state index contributed by atoms with van der Waals surface area (Å²) in [6.45, 7) is 4.60. The highest BCUT2D eigenvalue weighted by molar-refractivity contribution is 5.60. The number of hydrogen-bond acceptors (Lipinski definition) is 4. The summed E-state index contributed by atoms with van der Waals surface area (Å²) in [5, 5.41) is 0. The predicted octanol–water partition coefficient (Wildman–Crippen LogP) is 1.67. The van der Waals surface area contributed by atoms with E-state index in [1.54, 1.807) is 0 Å². The SMILES string of the molecule is CCOc1cc(N)cc(N(C)CCN(C)C)c1. The van der Waals surface area contributed by atoms with Gasteiger partial charge in [0.2, 0.25) is 0 Å². The molecule has 96 valence electrons. The Morgan fingerprint density at radius 2 is 1.82 bits per heavy atom. The van der Waals surface area contributed by atoms with Gasteiger partial charge in [-0.25, -0.2) is 0 Å². The molecule has 0 bridgehead atoms. The maximum Gasteiger partial charge on any atom is 0.123 e.